The van der Waals surface area contributed by atoms with Crippen LogP contribution in [0.3, 0.4) is 0 Å². The molecule has 0 aliphatic carbocycles. The van der Waals surface area contributed by atoms with Crippen LogP contribution >= 0.6 is 11.3 Å². The van der Waals surface area contributed by atoms with Crippen molar-refractivity contribution in [3.8, 4) is 11.8 Å². The molecule has 0 fully saturated rings. The molecule has 1 aromatic heterocycles. The average Bonchev–Trinajstić information content (AvgIpc) is 3.26. The Kier molecular flexibility index (Phi) is 6.41. The Labute approximate surface area is 168 Å². The van der Waals surface area contributed by atoms with E-state index in [4.69, 9.17) is 10.00 Å². The van der Waals surface area contributed by atoms with Gasteiger partial charge in [-0.15, -0.1) is 11.3 Å². The molecule has 1 amide bonds. The van der Waals surface area contributed by atoms with Gasteiger partial charge in [-0.25, -0.2) is 4.98 Å². The molecule has 1 unspecified atom stereocenters. The summed E-state index contributed by atoms with van der Waals surface area (Å²) in [6.07, 6.45) is 0. The Morgan fingerprint density at radius 2 is 2.07 bits per heavy atom. The maximum Gasteiger partial charge on any atom is 0.254 e. The van der Waals surface area contributed by atoms with Crippen LogP contribution in [0.5, 0.6) is 5.75 Å². The second-order valence-electron chi connectivity index (χ2n) is 6.30. The van der Waals surface area contributed by atoms with E-state index in [-0.39, 0.29) is 11.9 Å². The predicted octanol–water partition coefficient (Wildman–Crippen LogP) is 4.82. The molecule has 0 spiro atoms. The Morgan fingerprint density at radius 3 is 2.71 bits per heavy atom. The van der Waals surface area contributed by atoms with Gasteiger partial charge in [0, 0.05) is 17.5 Å². The van der Waals surface area contributed by atoms with E-state index >= 15 is 0 Å². The van der Waals surface area contributed by atoms with Gasteiger partial charge >= 0.3 is 0 Å². The van der Waals surface area contributed by atoms with Crippen molar-refractivity contribution in [1.29, 1.82) is 5.26 Å². The van der Waals surface area contributed by atoms with Crippen molar-refractivity contribution in [3.05, 3.63) is 81.8 Å². The number of nitrogens with zero attached hydrogens (tertiary/aromatic N) is 3. The molecular weight excluding hydrogens is 370 g/mol. The van der Waals surface area contributed by atoms with Gasteiger partial charge in [0.15, 0.2) is 0 Å². The molecule has 3 aromatic rings. The molecule has 1 heterocycles. The molecule has 0 radical (unpaired) electrons. The SMILES string of the molecule is CCN(C(=O)c1cccc(OCc2cscn2)c1)C(C)c1ccc(C#N)cc1. The molecule has 1 atom stereocenters. The van der Waals surface area contributed by atoms with E-state index in [9.17, 15) is 4.79 Å². The number of ether oxygens (including phenoxy) is 1. The van der Waals surface area contributed by atoms with Gasteiger partial charge in [0.2, 0.25) is 0 Å². The Hall–Kier alpha value is -3.17. The maximum absolute atomic E-state index is 13.1. The topological polar surface area (TPSA) is 66.2 Å². The molecule has 3 rings (SSSR count). The van der Waals surface area contributed by atoms with E-state index in [1.165, 1.54) is 11.3 Å². The molecule has 0 saturated carbocycles. The van der Waals surface area contributed by atoms with Crippen LogP contribution in [0.2, 0.25) is 0 Å². The highest BCUT2D eigenvalue weighted by Gasteiger charge is 2.21. The number of amides is 1. The third-order valence-electron chi connectivity index (χ3n) is 4.54. The second-order valence-corrected chi connectivity index (χ2v) is 7.02. The highest BCUT2D eigenvalue weighted by molar-refractivity contribution is 7.07. The predicted molar refractivity (Wildman–Crippen MR) is 109 cm³/mol. The smallest absolute Gasteiger partial charge is 0.254 e. The van der Waals surface area contributed by atoms with Gasteiger partial charge in [0.05, 0.1) is 28.9 Å². The Bertz CT molecular complexity index is 962. The lowest BCUT2D eigenvalue weighted by molar-refractivity contribution is 0.0702. The average molecular weight is 391 g/mol. The fourth-order valence-corrected chi connectivity index (χ4v) is 3.50. The number of thiazole rings is 1. The molecular formula is C22H21N3O2S. The summed E-state index contributed by atoms with van der Waals surface area (Å²) in [5, 5.41) is 10.9. The van der Waals surface area contributed by atoms with E-state index < -0.39 is 0 Å². The van der Waals surface area contributed by atoms with Crippen LogP contribution in [0.4, 0.5) is 0 Å². The summed E-state index contributed by atoms with van der Waals surface area (Å²) in [4.78, 5) is 19.1. The van der Waals surface area contributed by atoms with E-state index in [0.717, 1.165) is 11.3 Å². The lowest BCUT2D eigenvalue weighted by atomic mass is 10.0. The quantitative estimate of drug-likeness (QED) is 0.579. The Morgan fingerprint density at radius 1 is 1.29 bits per heavy atom. The lowest BCUT2D eigenvalue weighted by Crippen LogP contribution is -2.33. The van der Waals surface area contributed by atoms with E-state index in [2.05, 4.69) is 11.1 Å². The van der Waals surface area contributed by atoms with Crippen LogP contribution in [0.15, 0.2) is 59.4 Å². The van der Waals surface area contributed by atoms with E-state index in [0.29, 0.717) is 30.0 Å². The third kappa shape index (κ3) is 4.56. The van der Waals surface area contributed by atoms with E-state index in [1.54, 1.807) is 34.7 Å². The van der Waals surface area contributed by atoms with Gasteiger partial charge in [-0.3, -0.25) is 4.79 Å². The molecule has 0 N–H and O–H groups in total. The number of nitriles is 1. The molecule has 28 heavy (non-hydrogen) atoms. The molecule has 142 valence electrons. The van der Waals surface area contributed by atoms with Gasteiger partial charge in [0.25, 0.3) is 5.91 Å². The molecule has 0 bridgehead atoms. The first-order chi connectivity index (χ1) is 13.6. The number of aromatic nitrogens is 1. The van der Waals surface area contributed by atoms with Crippen molar-refractivity contribution in [1.82, 2.24) is 9.88 Å². The van der Waals surface area contributed by atoms with E-state index in [1.807, 2.05) is 43.5 Å². The standard InChI is InChI=1S/C22H21N3O2S/c1-3-25(16(2)18-9-7-17(12-23)8-10-18)22(26)19-5-4-6-21(11-19)27-13-20-14-28-15-24-20/h4-11,14-16H,3,13H2,1-2H3. The molecule has 0 aliphatic heterocycles. The van der Waals surface area contributed by atoms with Gasteiger partial charge in [0.1, 0.15) is 12.4 Å². The second kappa shape index (κ2) is 9.16. The number of hydrogen-bond donors (Lipinski definition) is 0. The number of rotatable bonds is 7. The highest BCUT2D eigenvalue weighted by atomic mass is 32.1. The zero-order valence-electron chi connectivity index (χ0n) is 15.8. The molecule has 5 nitrogen and oxygen atoms in total. The Balaban J connectivity index is 1.74. The zero-order chi connectivity index (χ0) is 19.9. The summed E-state index contributed by atoms with van der Waals surface area (Å²) in [6.45, 7) is 4.90. The summed E-state index contributed by atoms with van der Waals surface area (Å²) in [7, 11) is 0. The van der Waals surface area contributed by atoms with Crippen LogP contribution in [-0.4, -0.2) is 22.3 Å². The van der Waals surface area contributed by atoms with Crippen molar-refractivity contribution in [2.75, 3.05) is 6.54 Å². The van der Waals surface area contributed by atoms with Gasteiger partial charge in [-0.1, -0.05) is 18.2 Å². The summed E-state index contributed by atoms with van der Waals surface area (Å²) >= 11 is 1.52. The minimum atomic E-state index is -0.107. The maximum atomic E-state index is 13.1. The number of carbonyl (C=O) groups excluding carboxylic acids is 1. The first-order valence-electron chi connectivity index (χ1n) is 9.03. The van der Waals surface area contributed by atoms with Gasteiger partial charge in [-0.05, 0) is 49.7 Å². The summed E-state index contributed by atoms with van der Waals surface area (Å²) in [6, 6.07) is 16.6. The van der Waals surface area contributed by atoms with Gasteiger partial charge < -0.3 is 9.64 Å². The minimum Gasteiger partial charge on any atom is -0.487 e. The largest absolute Gasteiger partial charge is 0.487 e. The third-order valence-corrected chi connectivity index (χ3v) is 5.18. The van der Waals surface area contributed by atoms with Gasteiger partial charge in [-0.2, -0.15) is 5.26 Å². The normalized spacial score (nSPS) is 11.5. The highest BCUT2D eigenvalue weighted by Crippen LogP contribution is 2.24. The van der Waals surface area contributed by atoms with Crippen molar-refractivity contribution in [2.24, 2.45) is 0 Å². The minimum absolute atomic E-state index is 0.0570. The summed E-state index contributed by atoms with van der Waals surface area (Å²) in [5.41, 5.74) is 4.81. The van der Waals surface area contributed by atoms with Crippen LogP contribution in [-0.2, 0) is 6.61 Å². The van der Waals surface area contributed by atoms with Crippen LogP contribution in [0.25, 0.3) is 0 Å². The molecule has 6 heteroatoms. The lowest BCUT2D eigenvalue weighted by Gasteiger charge is -2.28. The molecule has 0 aliphatic rings. The van der Waals surface area contributed by atoms with Crippen molar-refractivity contribution < 1.29 is 9.53 Å². The van der Waals surface area contributed by atoms with Crippen molar-refractivity contribution in [3.63, 3.8) is 0 Å². The monoisotopic (exact) mass is 391 g/mol. The number of benzene rings is 2. The zero-order valence-corrected chi connectivity index (χ0v) is 16.6. The van der Waals surface area contributed by atoms with Crippen molar-refractivity contribution in [2.45, 2.75) is 26.5 Å². The molecule has 0 saturated heterocycles. The summed E-state index contributed by atoms with van der Waals surface area (Å²) < 4.78 is 5.77. The fraction of sp³-hybridized carbons (Fsp3) is 0.227. The number of carbonyl (C=O) groups is 1. The fourth-order valence-electron chi connectivity index (χ4n) is 2.96. The molecule has 2 aromatic carbocycles. The number of hydrogen-bond acceptors (Lipinski definition) is 5. The van der Waals surface area contributed by atoms with Crippen LogP contribution in [0.1, 0.15) is 47.1 Å². The van der Waals surface area contributed by atoms with Crippen LogP contribution < -0.4 is 4.74 Å². The first kappa shape index (κ1) is 19.6. The summed E-state index contributed by atoms with van der Waals surface area (Å²) in [5.74, 6) is 0.583. The van der Waals surface area contributed by atoms with Crippen LogP contribution in [0, 0.1) is 11.3 Å². The first-order valence-corrected chi connectivity index (χ1v) is 9.97. The van der Waals surface area contributed by atoms with Crippen molar-refractivity contribution >= 4 is 17.2 Å².